The first-order valence-electron chi connectivity index (χ1n) is 6.51. The number of benzene rings is 1. The Bertz CT molecular complexity index is 511. The summed E-state index contributed by atoms with van der Waals surface area (Å²) in [7, 11) is 0. The van der Waals surface area contributed by atoms with E-state index in [2.05, 4.69) is 0 Å². The molecule has 1 aromatic carbocycles. The van der Waals surface area contributed by atoms with Crippen LogP contribution in [0.2, 0.25) is 0 Å². The Labute approximate surface area is 127 Å². The lowest BCUT2D eigenvalue weighted by Gasteiger charge is -2.33. The molecular weight excluding hydrogens is 305 g/mol. The minimum Gasteiger partial charge on any atom is -0.399 e. The average Bonchev–Trinajstić information content (AvgIpc) is 2.40. The number of hydrogen-bond donors (Lipinski definition) is 1. The monoisotopic (exact) mass is 322 g/mol. The Morgan fingerprint density at radius 2 is 1.86 bits per heavy atom. The molecule has 0 radical (unpaired) electrons. The van der Waals surface area contributed by atoms with Crippen molar-refractivity contribution in [2.75, 3.05) is 18.8 Å². The van der Waals surface area contributed by atoms with E-state index < -0.39 is 12.1 Å². The van der Waals surface area contributed by atoms with Crippen LogP contribution in [-0.4, -0.2) is 30.1 Å². The molecule has 1 aliphatic heterocycles. The molecule has 118 valence electrons. The largest absolute Gasteiger partial charge is 0.399 e. The number of rotatable bonds is 1. The Balaban J connectivity index is 0.00000220. The van der Waals surface area contributed by atoms with Crippen molar-refractivity contribution in [2.45, 2.75) is 25.9 Å². The van der Waals surface area contributed by atoms with Crippen LogP contribution in [0, 0.1) is 12.8 Å². The lowest BCUT2D eigenvalue weighted by atomic mass is 9.95. The Morgan fingerprint density at radius 3 is 2.38 bits per heavy atom. The first-order valence-corrected chi connectivity index (χ1v) is 6.51. The zero-order valence-corrected chi connectivity index (χ0v) is 12.4. The van der Waals surface area contributed by atoms with Crippen LogP contribution >= 0.6 is 12.4 Å². The highest BCUT2D eigenvalue weighted by Gasteiger charge is 2.41. The zero-order valence-electron chi connectivity index (χ0n) is 11.6. The van der Waals surface area contributed by atoms with Gasteiger partial charge in [-0.3, -0.25) is 4.79 Å². The fourth-order valence-electron chi connectivity index (χ4n) is 2.45. The van der Waals surface area contributed by atoms with Gasteiger partial charge in [-0.05, 0) is 37.5 Å². The molecule has 0 bridgehead atoms. The molecule has 2 N–H and O–H groups in total. The van der Waals surface area contributed by atoms with E-state index in [1.165, 1.54) is 4.90 Å². The standard InChI is InChI=1S/C14H17F3N2O.ClH/c1-9-2-3-11(18)8-12(9)13(20)19-6-4-10(5-7-19)14(15,16)17;/h2-3,8,10H,4-7,18H2,1H3;1H. The summed E-state index contributed by atoms with van der Waals surface area (Å²) >= 11 is 0. The quantitative estimate of drug-likeness (QED) is 0.805. The maximum absolute atomic E-state index is 12.6. The number of anilines is 1. The number of amides is 1. The van der Waals surface area contributed by atoms with Crippen LogP contribution in [0.5, 0.6) is 0 Å². The summed E-state index contributed by atoms with van der Waals surface area (Å²) in [4.78, 5) is 13.8. The Hall–Kier alpha value is -1.43. The number of alkyl halides is 3. The fraction of sp³-hybridized carbons (Fsp3) is 0.500. The van der Waals surface area contributed by atoms with Crippen molar-refractivity contribution in [3.63, 3.8) is 0 Å². The van der Waals surface area contributed by atoms with Gasteiger partial charge in [0.25, 0.3) is 5.91 Å². The molecule has 1 fully saturated rings. The lowest BCUT2D eigenvalue weighted by Crippen LogP contribution is -2.42. The lowest BCUT2D eigenvalue weighted by molar-refractivity contribution is -0.183. The number of nitrogens with two attached hydrogens (primary N) is 1. The van der Waals surface area contributed by atoms with E-state index in [-0.39, 0.29) is 44.2 Å². The van der Waals surface area contributed by atoms with Gasteiger partial charge in [-0.15, -0.1) is 12.4 Å². The highest BCUT2D eigenvalue weighted by atomic mass is 35.5. The van der Waals surface area contributed by atoms with Crippen molar-refractivity contribution in [3.05, 3.63) is 29.3 Å². The van der Waals surface area contributed by atoms with Gasteiger partial charge < -0.3 is 10.6 Å². The van der Waals surface area contributed by atoms with Crippen LogP contribution in [-0.2, 0) is 0 Å². The molecule has 0 aromatic heterocycles. The van der Waals surface area contributed by atoms with E-state index in [0.29, 0.717) is 11.3 Å². The third-order valence-corrected chi connectivity index (χ3v) is 3.74. The molecule has 0 saturated carbocycles. The number of aryl methyl sites for hydroxylation is 1. The number of halogens is 4. The molecule has 1 aromatic rings. The number of piperidine rings is 1. The van der Waals surface area contributed by atoms with Crippen LogP contribution in [0.15, 0.2) is 18.2 Å². The van der Waals surface area contributed by atoms with Gasteiger partial charge in [-0.1, -0.05) is 6.07 Å². The molecule has 7 heteroatoms. The van der Waals surface area contributed by atoms with Gasteiger partial charge in [0.2, 0.25) is 0 Å². The van der Waals surface area contributed by atoms with Gasteiger partial charge in [0.1, 0.15) is 0 Å². The highest BCUT2D eigenvalue weighted by molar-refractivity contribution is 5.96. The van der Waals surface area contributed by atoms with Crippen molar-refractivity contribution >= 4 is 24.0 Å². The number of nitrogen functional groups attached to an aromatic ring is 1. The molecule has 0 spiro atoms. The molecule has 1 heterocycles. The van der Waals surface area contributed by atoms with E-state index in [9.17, 15) is 18.0 Å². The maximum Gasteiger partial charge on any atom is 0.391 e. The second kappa shape index (κ2) is 6.56. The van der Waals surface area contributed by atoms with Gasteiger partial charge >= 0.3 is 6.18 Å². The van der Waals surface area contributed by atoms with Crippen LogP contribution in [0.25, 0.3) is 0 Å². The summed E-state index contributed by atoms with van der Waals surface area (Å²) in [6.45, 7) is 2.06. The van der Waals surface area contributed by atoms with Crippen LogP contribution in [0.3, 0.4) is 0 Å². The molecular formula is C14H18ClF3N2O. The average molecular weight is 323 g/mol. The van der Waals surface area contributed by atoms with Crippen molar-refractivity contribution in [1.29, 1.82) is 0 Å². The SMILES string of the molecule is Cc1ccc(N)cc1C(=O)N1CCC(C(F)(F)F)CC1.Cl. The molecule has 3 nitrogen and oxygen atoms in total. The van der Waals surface area contributed by atoms with Crippen molar-refractivity contribution < 1.29 is 18.0 Å². The van der Waals surface area contributed by atoms with Crippen LogP contribution < -0.4 is 5.73 Å². The smallest absolute Gasteiger partial charge is 0.391 e. The molecule has 0 unspecified atom stereocenters. The van der Waals surface area contributed by atoms with E-state index in [1.807, 2.05) is 0 Å². The number of carbonyl (C=O) groups excluding carboxylic acids is 1. The molecule has 0 atom stereocenters. The summed E-state index contributed by atoms with van der Waals surface area (Å²) in [5, 5.41) is 0. The molecule has 1 aliphatic rings. The van der Waals surface area contributed by atoms with Gasteiger partial charge in [0.05, 0.1) is 5.92 Å². The summed E-state index contributed by atoms with van der Waals surface area (Å²) < 4.78 is 37.8. The third kappa shape index (κ3) is 4.03. The Morgan fingerprint density at radius 1 is 1.29 bits per heavy atom. The summed E-state index contributed by atoms with van der Waals surface area (Å²) in [6.07, 6.45) is -4.23. The second-order valence-electron chi connectivity index (χ2n) is 5.18. The minimum absolute atomic E-state index is 0. The normalized spacial score (nSPS) is 16.5. The molecule has 2 rings (SSSR count). The van der Waals surface area contributed by atoms with E-state index >= 15 is 0 Å². The first kappa shape index (κ1) is 17.6. The van der Waals surface area contributed by atoms with E-state index in [4.69, 9.17) is 5.73 Å². The van der Waals surface area contributed by atoms with Crippen molar-refractivity contribution in [2.24, 2.45) is 5.92 Å². The molecule has 0 aliphatic carbocycles. The fourth-order valence-corrected chi connectivity index (χ4v) is 2.45. The number of nitrogens with zero attached hydrogens (tertiary/aromatic N) is 1. The maximum atomic E-state index is 12.6. The minimum atomic E-state index is -4.16. The highest BCUT2D eigenvalue weighted by Crippen LogP contribution is 2.34. The van der Waals surface area contributed by atoms with E-state index in [1.54, 1.807) is 25.1 Å². The number of carbonyl (C=O) groups is 1. The number of hydrogen-bond acceptors (Lipinski definition) is 2. The topological polar surface area (TPSA) is 46.3 Å². The molecule has 1 amide bonds. The van der Waals surface area contributed by atoms with Gasteiger partial charge in [0.15, 0.2) is 0 Å². The van der Waals surface area contributed by atoms with Crippen molar-refractivity contribution in [1.82, 2.24) is 4.90 Å². The molecule has 1 saturated heterocycles. The summed E-state index contributed by atoms with van der Waals surface area (Å²) in [5.41, 5.74) is 7.38. The predicted octanol–water partition coefficient (Wildman–Crippen LogP) is 3.41. The van der Waals surface area contributed by atoms with Crippen LogP contribution in [0.4, 0.5) is 18.9 Å². The summed E-state index contributed by atoms with van der Waals surface area (Å²) in [5.74, 6) is -1.54. The second-order valence-corrected chi connectivity index (χ2v) is 5.18. The van der Waals surface area contributed by atoms with Gasteiger partial charge in [-0.2, -0.15) is 13.2 Å². The van der Waals surface area contributed by atoms with Crippen LogP contribution in [0.1, 0.15) is 28.8 Å². The van der Waals surface area contributed by atoms with Crippen molar-refractivity contribution in [3.8, 4) is 0 Å². The van der Waals surface area contributed by atoms with Gasteiger partial charge in [0, 0.05) is 24.3 Å². The summed E-state index contributed by atoms with van der Waals surface area (Å²) in [6, 6.07) is 5.01. The number of likely N-dealkylation sites (tertiary alicyclic amines) is 1. The predicted molar refractivity (Wildman–Crippen MR) is 77.5 cm³/mol. The zero-order chi connectivity index (χ0) is 14.9. The van der Waals surface area contributed by atoms with E-state index in [0.717, 1.165) is 5.56 Å². The Kier molecular flexibility index (Phi) is 5.50. The first-order chi connectivity index (χ1) is 9.29. The van der Waals surface area contributed by atoms with Gasteiger partial charge in [-0.25, -0.2) is 0 Å². The molecule has 21 heavy (non-hydrogen) atoms. The third-order valence-electron chi connectivity index (χ3n) is 3.74.